The number of fused-ring (bicyclic) bond motifs is 1. The second-order valence-corrected chi connectivity index (χ2v) is 6.83. The molecule has 0 bridgehead atoms. The molecule has 0 amide bonds. The minimum Gasteiger partial charge on any atom is -0.493 e. The first-order valence-electron chi connectivity index (χ1n) is 9.77. The first kappa shape index (κ1) is 19.6. The van der Waals surface area contributed by atoms with Gasteiger partial charge in [-0.1, -0.05) is 36.4 Å². The van der Waals surface area contributed by atoms with Crippen molar-refractivity contribution >= 4 is 16.9 Å². The third-order valence-electron chi connectivity index (χ3n) is 4.78. The van der Waals surface area contributed by atoms with Crippen molar-refractivity contribution < 1.29 is 18.3 Å². The van der Waals surface area contributed by atoms with E-state index in [-0.39, 0.29) is 0 Å². The monoisotopic (exact) mass is 405 g/mol. The van der Waals surface area contributed by atoms with Crippen LogP contribution in [0.25, 0.3) is 22.1 Å². The van der Waals surface area contributed by atoms with Crippen LogP contribution in [0.3, 0.4) is 0 Å². The van der Waals surface area contributed by atoms with Gasteiger partial charge in [0.1, 0.15) is 16.7 Å². The molecule has 0 saturated carbocycles. The number of hydrogen-bond acceptors (Lipinski definition) is 6. The third kappa shape index (κ3) is 3.76. The summed E-state index contributed by atoms with van der Waals surface area (Å²) >= 11 is 0. The standard InChI is InChI=1S/C24H23NO5/c1-4-28-18-11-10-17(13-19(18)27-3)21-22-20(12-15(2)29-24(22)26)30-23(21)25-14-16-8-6-5-7-9-16/h5-13,25H,4,14H2,1-3H3. The topological polar surface area (TPSA) is 73.8 Å². The quantitative estimate of drug-likeness (QED) is 0.445. The summed E-state index contributed by atoms with van der Waals surface area (Å²) < 4.78 is 22.5. The van der Waals surface area contributed by atoms with E-state index in [0.29, 0.717) is 52.8 Å². The molecule has 154 valence electrons. The van der Waals surface area contributed by atoms with Crippen LogP contribution in [0.2, 0.25) is 0 Å². The predicted octanol–water partition coefficient (Wildman–Crippen LogP) is 5.38. The molecular formula is C24H23NO5. The Morgan fingerprint density at radius 2 is 1.80 bits per heavy atom. The molecule has 4 aromatic rings. The number of hydrogen-bond donors (Lipinski definition) is 1. The highest BCUT2D eigenvalue weighted by atomic mass is 16.5. The summed E-state index contributed by atoms with van der Waals surface area (Å²) in [6, 6.07) is 17.2. The smallest absolute Gasteiger partial charge is 0.347 e. The Morgan fingerprint density at radius 1 is 1.00 bits per heavy atom. The van der Waals surface area contributed by atoms with Gasteiger partial charge in [0.05, 0.1) is 19.3 Å². The van der Waals surface area contributed by atoms with Gasteiger partial charge in [-0.15, -0.1) is 0 Å². The number of aryl methyl sites for hydroxylation is 1. The molecule has 2 aromatic carbocycles. The molecule has 0 radical (unpaired) electrons. The summed E-state index contributed by atoms with van der Waals surface area (Å²) in [5, 5.41) is 3.71. The van der Waals surface area contributed by atoms with Crippen molar-refractivity contribution in [3.05, 3.63) is 76.3 Å². The lowest BCUT2D eigenvalue weighted by Crippen LogP contribution is -2.02. The van der Waals surface area contributed by atoms with E-state index in [1.165, 1.54) is 0 Å². The van der Waals surface area contributed by atoms with Crippen molar-refractivity contribution in [3.63, 3.8) is 0 Å². The molecule has 0 aliphatic carbocycles. The van der Waals surface area contributed by atoms with Gasteiger partial charge in [-0.2, -0.15) is 0 Å². The van der Waals surface area contributed by atoms with Crippen LogP contribution >= 0.6 is 0 Å². The van der Waals surface area contributed by atoms with E-state index in [0.717, 1.165) is 11.1 Å². The fourth-order valence-corrected chi connectivity index (χ4v) is 3.44. The number of benzene rings is 2. The Bertz CT molecular complexity index is 1220. The number of rotatable bonds is 7. The van der Waals surface area contributed by atoms with E-state index < -0.39 is 5.63 Å². The molecule has 6 nitrogen and oxygen atoms in total. The van der Waals surface area contributed by atoms with Crippen molar-refractivity contribution in [2.45, 2.75) is 20.4 Å². The normalized spacial score (nSPS) is 10.9. The SMILES string of the molecule is CCOc1ccc(-c2c(NCc3ccccc3)oc3cc(C)oc(=O)c23)cc1OC. The molecule has 0 unspecified atom stereocenters. The van der Waals surface area contributed by atoms with Crippen molar-refractivity contribution in [1.82, 2.24) is 0 Å². The third-order valence-corrected chi connectivity index (χ3v) is 4.78. The minimum absolute atomic E-state index is 0.391. The van der Waals surface area contributed by atoms with Crippen LogP contribution in [-0.2, 0) is 6.54 Å². The Labute approximate surface area is 174 Å². The Morgan fingerprint density at radius 3 is 2.53 bits per heavy atom. The highest BCUT2D eigenvalue weighted by Gasteiger charge is 2.21. The summed E-state index contributed by atoms with van der Waals surface area (Å²) in [4.78, 5) is 12.7. The molecule has 2 heterocycles. The van der Waals surface area contributed by atoms with Gasteiger partial charge in [0, 0.05) is 12.6 Å². The number of nitrogens with one attached hydrogen (secondary N) is 1. The number of methoxy groups -OCH3 is 1. The van der Waals surface area contributed by atoms with E-state index in [4.69, 9.17) is 18.3 Å². The maximum Gasteiger partial charge on any atom is 0.347 e. The van der Waals surface area contributed by atoms with Gasteiger partial charge >= 0.3 is 5.63 Å². The molecule has 30 heavy (non-hydrogen) atoms. The highest BCUT2D eigenvalue weighted by molar-refractivity contribution is 6.00. The van der Waals surface area contributed by atoms with Crippen LogP contribution in [0.4, 0.5) is 5.88 Å². The lowest BCUT2D eigenvalue weighted by molar-refractivity contribution is 0.311. The average Bonchev–Trinajstić information content (AvgIpc) is 3.12. The summed E-state index contributed by atoms with van der Waals surface area (Å²) in [5.41, 5.74) is 2.53. The van der Waals surface area contributed by atoms with E-state index in [9.17, 15) is 4.79 Å². The van der Waals surface area contributed by atoms with Crippen LogP contribution < -0.4 is 20.4 Å². The summed E-state index contributed by atoms with van der Waals surface area (Å²) in [5.74, 6) is 2.21. The molecule has 0 saturated heterocycles. The van der Waals surface area contributed by atoms with Gasteiger partial charge in [-0.25, -0.2) is 4.79 Å². The van der Waals surface area contributed by atoms with Gasteiger partial charge in [0.15, 0.2) is 11.5 Å². The maximum absolute atomic E-state index is 12.7. The van der Waals surface area contributed by atoms with Gasteiger partial charge in [-0.05, 0) is 37.1 Å². The van der Waals surface area contributed by atoms with E-state index in [1.807, 2.05) is 55.5 Å². The zero-order valence-electron chi connectivity index (χ0n) is 17.2. The second kappa shape index (κ2) is 8.37. The van der Waals surface area contributed by atoms with Crippen LogP contribution in [0, 0.1) is 6.92 Å². The molecule has 2 aromatic heterocycles. The number of anilines is 1. The number of ether oxygens (including phenoxy) is 2. The van der Waals surface area contributed by atoms with Crippen molar-refractivity contribution in [1.29, 1.82) is 0 Å². The molecule has 4 rings (SSSR count). The summed E-state index contributed by atoms with van der Waals surface area (Å²) in [7, 11) is 1.58. The lowest BCUT2D eigenvalue weighted by atomic mass is 10.0. The molecule has 0 aliphatic rings. The van der Waals surface area contributed by atoms with Crippen molar-refractivity contribution in [3.8, 4) is 22.6 Å². The Balaban J connectivity index is 1.85. The van der Waals surface area contributed by atoms with E-state index in [1.54, 1.807) is 20.1 Å². The van der Waals surface area contributed by atoms with Crippen LogP contribution in [-0.4, -0.2) is 13.7 Å². The predicted molar refractivity (Wildman–Crippen MR) is 116 cm³/mol. The van der Waals surface area contributed by atoms with Crippen LogP contribution in [0.5, 0.6) is 11.5 Å². The van der Waals surface area contributed by atoms with Crippen molar-refractivity contribution in [2.75, 3.05) is 19.0 Å². The van der Waals surface area contributed by atoms with Crippen LogP contribution in [0.15, 0.2) is 68.2 Å². The second-order valence-electron chi connectivity index (χ2n) is 6.83. The van der Waals surface area contributed by atoms with Gasteiger partial charge < -0.3 is 23.6 Å². The summed E-state index contributed by atoms with van der Waals surface area (Å²) in [6.07, 6.45) is 0. The first-order valence-corrected chi connectivity index (χ1v) is 9.77. The highest BCUT2D eigenvalue weighted by Crippen LogP contribution is 2.40. The molecule has 1 N–H and O–H groups in total. The average molecular weight is 405 g/mol. The van der Waals surface area contributed by atoms with E-state index >= 15 is 0 Å². The number of furan rings is 1. The molecule has 6 heteroatoms. The zero-order chi connectivity index (χ0) is 21.1. The lowest BCUT2D eigenvalue weighted by Gasteiger charge is -2.12. The molecule has 0 atom stereocenters. The summed E-state index contributed by atoms with van der Waals surface area (Å²) in [6.45, 7) is 4.71. The van der Waals surface area contributed by atoms with Gasteiger partial charge in [-0.3, -0.25) is 0 Å². The van der Waals surface area contributed by atoms with Crippen molar-refractivity contribution in [2.24, 2.45) is 0 Å². The zero-order valence-corrected chi connectivity index (χ0v) is 17.2. The molecule has 0 fully saturated rings. The molecular weight excluding hydrogens is 382 g/mol. The first-order chi connectivity index (χ1) is 14.6. The molecule has 0 aliphatic heterocycles. The Hall–Kier alpha value is -3.67. The van der Waals surface area contributed by atoms with Gasteiger partial charge in [0.25, 0.3) is 0 Å². The largest absolute Gasteiger partial charge is 0.493 e. The van der Waals surface area contributed by atoms with E-state index in [2.05, 4.69) is 5.32 Å². The van der Waals surface area contributed by atoms with Gasteiger partial charge in [0.2, 0.25) is 5.88 Å². The Kier molecular flexibility index (Phi) is 5.48. The van der Waals surface area contributed by atoms with Crippen LogP contribution in [0.1, 0.15) is 18.2 Å². The fraction of sp³-hybridized carbons (Fsp3) is 0.208. The fourth-order valence-electron chi connectivity index (χ4n) is 3.44. The maximum atomic E-state index is 12.7. The molecule has 0 spiro atoms. The minimum atomic E-state index is -0.440.